The molecule has 1 aliphatic rings. The molecule has 0 fully saturated rings. The van der Waals surface area contributed by atoms with Gasteiger partial charge in [0, 0.05) is 0 Å². The molecule has 74 valence electrons. The molecule has 1 heterocycles. The van der Waals surface area contributed by atoms with E-state index in [9.17, 15) is 0 Å². The molecule has 2 heteroatoms. The van der Waals surface area contributed by atoms with E-state index in [0.29, 0.717) is 0 Å². The van der Waals surface area contributed by atoms with E-state index in [1.54, 1.807) is 0 Å². The summed E-state index contributed by atoms with van der Waals surface area (Å²) in [6.07, 6.45) is 2.07. The van der Waals surface area contributed by atoms with Crippen molar-refractivity contribution in [3.63, 3.8) is 0 Å². The SMILES string of the molecule is Cc1cc(C)c([N+]2=CNCC2)c(C)c1. The molecule has 0 aliphatic carbocycles. The van der Waals surface area contributed by atoms with Crippen molar-refractivity contribution in [1.82, 2.24) is 5.32 Å². The van der Waals surface area contributed by atoms with Crippen LogP contribution >= 0.6 is 0 Å². The number of hydrogen-bond donors (Lipinski definition) is 1. The van der Waals surface area contributed by atoms with Crippen LogP contribution in [0.2, 0.25) is 0 Å². The molecule has 2 nitrogen and oxygen atoms in total. The summed E-state index contributed by atoms with van der Waals surface area (Å²) < 4.78 is 2.30. The molecule has 1 N–H and O–H groups in total. The molecule has 0 bridgehead atoms. The average Bonchev–Trinajstić information content (AvgIpc) is 2.54. The van der Waals surface area contributed by atoms with Gasteiger partial charge in [0.25, 0.3) is 0 Å². The molecule has 1 aromatic rings. The molecule has 0 saturated carbocycles. The largest absolute Gasteiger partial charge is 0.277 e. The summed E-state index contributed by atoms with van der Waals surface area (Å²) in [7, 11) is 0. The molecule has 0 spiro atoms. The first kappa shape index (κ1) is 9.25. The summed E-state index contributed by atoms with van der Waals surface area (Å²) in [6.45, 7) is 8.64. The van der Waals surface area contributed by atoms with Crippen LogP contribution in [0.15, 0.2) is 12.1 Å². The molecule has 0 aromatic heterocycles. The van der Waals surface area contributed by atoms with Gasteiger partial charge in [0.05, 0.1) is 0 Å². The molecule has 0 radical (unpaired) electrons. The van der Waals surface area contributed by atoms with Crippen molar-refractivity contribution in [3.05, 3.63) is 28.8 Å². The monoisotopic (exact) mass is 189 g/mol. The van der Waals surface area contributed by atoms with Crippen LogP contribution in [-0.2, 0) is 0 Å². The predicted molar refractivity (Wildman–Crippen MR) is 59.5 cm³/mol. The Morgan fingerprint density at radius 3 is 2.29 bits per heavy atom. The van der Waals surface area contributed by atoms with Gasteiger partial charge in [-0.3, -0.25) is 5.32 Å². The topological polar surface area (TPSA) is 15.0 Å². The molecule has 14 heavy (non-hydrogen) atoms. The van der Waals surface area contributed by atoms with Crippen LogP contribution in [0.3, 0.4) is 0 Å². The summed E-state index contributed by atoms with van der Waals surface area (Å²) in [4.78, 5) is 0. The van der Waals surface area contributed by atoms with Crippen LogP contribution in [0.5, 0.6) is 0 Å². The van der Waals surface area contributed by atoms with Gasteiger partial charge in [-0.2, -0.15) is 0 Å². The summed E-state index contributed by atoms with van der Waals surface area (Å²) in [5, 5.41) is 3.24. The lowest BCUT2D eigenvalue weighted by atomic mass is 10.0. The van der Waals surface area contributed by atoms with Gasteiger partial charge in [-0.05, 0) is 31.9 Å². The number of nitrogens with zero attached hydrogens (tertiary/aromatic N) is 1. The highest BCUT2D eigenvalue weighted by Gasteiger charge is 2.16. The van der Waals surface area contributed by atoms with Crippen molar-refractivity contribution in [2.45, 2.75) is 20.8 Å². The number of nitrogens with one attached hydrogen (secondary N) is 1. The number of aryl methyl sites for hydroxylation is 3. The highest BCUT2D eigenvalue weighted by atomic mass is 15.2. The van der Waals surface area contributed by atoms with E-state index in [1.165, 1.54) is 22.4 Å². The van der Waals surface area contributed by atoms with Crippen LogP contribution in [0.4, 0.5) is 5.69 Å². The zero-order valence-corrected chi connectivity index (χ0v) is 9.09. The highest BCUT2D eigenvalue weighted by Crippen LogP contribution is 2.24. The maximum absolute atomic E-state index is 3.24. The smallest absolute Gasteiger partial charge is 0.237 e. The Labute approximate surface area is 85.3 Å². The normalized spacial score (nSPS) is 15.2. The first-order valence-corrected chi connectivity index (χ1v) is 5.09. The zero-order chi connectivity index (χ0) is 10.1. The van der Waals surface area contributed by atoms with E-state index in [2.05, 4.69) is 49.1 Å². The zero-order valence-electron chi connectivity index (χ0n) is 9.09. The fourth-order valence-electron chi connectivity index (χ4n) is 2.23. The molecule has 0 saturated heterocycles. The summed E-state index contributed by atoms with van der Waals surface area (Å²) in [5.74, 6) is 0. The molecule has 1 aliphatic heterocycles. The number of hydrogen-bond acceptors (Lipinski definition) is 1. The molecule has 2 rings (SSSR count). The summed E-state index contributed by atoms with van der Waals surface area (Å²) >= 11 is 0. The number of benzene rings is 1. The Kier molecular flexibility index (Phi) is 2.28. The Morgan fingerprint density at radius 1 is 1.14 bits per heavy atom. The Hall–Kier alpha value is -1.31. The fourth-order valence-corrected chi connectivity index (χ4v) is 2.23. The van der Waals surface area contributed by atoms with E-state index in [-0.39, 0.29) is 0 Å². The standard InChI is InChI=1S/C12H16N2/c1-9-6-10(2)12(11(3)7-9)14-5-4-13-8-14/h6-8H,4-5H2,1-3H3/p+1. The van der Waals surface area contributed by atoms with Crippen LogP contribution in [0, 0.1) is 20.8 Å². The molecule has 0 atom stereocenters. The van der Waals surface area contributed by atoms with Crippen LogP contribution in [-0.4, -0.2) is 24.0 Å². The lowest BCUT2D eigenvalue weighted by Gasteiger charge is -2.09. The fraction of sp³-hybridized carbons (Fsp3) is 0.417. The van der Waals surface area contributed by atoms with Crippen molar-refractivity contribution in [3.8, 4) is 0 Å². The first-order chi connectivity index (χ1) is 6.68. The minimum absolute atomic E-state index is 1.05. The molecule has 0 unspecified atom stereocenters. The second kappa shape index (κ2) is 3.45. The van der Waals surface area contributed by atoms with Crippen LogP contribution < -0.4 is 5.32 Å². The minimum Gasteiger partial charge on any atom is -0.277 e. The van der Waals surface area contributed by atoms with Crippen LogP contribution in [0.1, 0.15) is 16.7 Å². The lowest BCUT2D eigenvalue weighted by molar-refractivity contribution is -0.425. The van der Waals surface area contributed by atoms with Gasteiger partial charge in [0.2, 0.25) is 6.34 Å². The van der Waals surface area contributed by atoms with Crippen molar-refractivity contribution in [2.75, 3.05) is 13.1 Å². The molecule has 0 amide bonds. The lowest BCUT2D eigenvalue weighted by Crippen LogP contribution is -2.06. The third kappa shape index (κ3) is 1.52. The third-order valence-corrected chi connectivity index (χ3v) is 2.67. The van der Waals surface area contributed by atoms with Crippen molar-refractivity contribution < 1.29 is 4.58 Å². The van der Waals surface area contributed by atoms with E-state index in [4.69, 9.17) is 0 Å². The molecular weight excluding hydrogens is 172 g/mol. The van der Waals surface area contributed by atoms with Gasteiger partial charge in [-0.1, -0.05) is 17.7 Å². The third-order valence-electron chi connectivity index (χ3n) is 2.67. The minimum atomic E-state index is 1.05. The molecule has 1 aromatic carbocycles. The van der Waals surface area contributed by atoms with Gasteiger partial charge in [-0.25, -0.2) is 4.58 Å². The van der Waals surface area contributed by atoms with Crippen LogP contribution in [0.25, 0.3) is 0 Å². The highest BCUT2D eigenvalue weighted by molar-refractivity contribution is 5.57. The van der Waals surface area contributed by atoms with Gasteiger partial charge in [0.1, 0.15) is 18.8 Å². The van der Waals surface area contributed by atoms with Crippen molar-refractivity contribution in [2.24, 2.45) is 0 Å². The Balaban J connectivity index is 2.52. The van der Waals surface area contributed by atoms with E-state index in [0.717, 1.165) is 13.1 Å². The molecular formula is C12H17N2+. The van der Waals surface area contributed by atoms with Crippen molar-refractivity contribution >= 4 is 12.0 Å². The van der Waals surface area contributed by atoms with Gasteiger partial charge in [0.15, 0.2) is 0 Å². The Bertz CT molecular complexity index is 368. The quantitative estimate of drug-likeness (QED) is 0.667. The van der Waals surface area contributed by atoms with E-state index < -0.39 is 0 Å². The predicted octanol–water partition coefficient (Wildman–Crippen LogP) is 1.89. The van der Waals surface area contributed by atoms with Gasteiger partial charge in [-0.15, -0.1) is 0 Å². The summed E-state index contributed by atoms with van der Waals surface area (Å²) in [5.41, 5.74) is 5.43. The van der Waals surface area contributed by atoms with Gasteiger partial charge < -0.3 is 0 Å². The van der Waals surface area contributed by atoms with Crippen molar-refractivity contribution in [1.29, 1.82) is 0 Å². The maximum atomic E-state index is 3.24. The van der Waals surface area contributed by atoms with E-state index in [1.807, 2.05) is 0 Å². The maximum Gasteiger partial charge on any atom is 0.237 e. The van der Waals surface area contributed by atoms with E-state index >= 15 is 0 Å². The van der Waals surface area contributed by atoms with Gasteiger partial charge >= 0.3 is 0 Å². The second-order valence-corrected chi connectivity index (χ2v) is 4.02. The Morgan fingerprint density at radius 2 is 1.79 bits per heavy atom. The first-order valence-electron chi connectivity index (χ1n) is 5.09. The summed E-state index contributed by atoms with van der Waals surface area (Å²) in [6, 6.07) is 4.49. The second-order valence-electron chi connectivity index (χ2n) is 4.02. The average molecular weight is 189 g/mol. The number of rotatable bonds is 1.